The van der Waals surface area contributed by atoms with E-state index < -0.39 is 0 Å². The molecule has 0 spiro atoms. The van der Waals surface area contributed by atoms with Gasteiger partial charge in [-0.25, -0.2) is 0 Å². The molecule has 1 unspecified atom stereocenters. The molecule has 0 radical (unpaired) electrons. The predicted molar refractivity (Wildman–Crippen MR) is 81.7 cm³/mol. The first kappa shape index (κ1) is 15.4. The van der Waals surface area contributed by atoms with Gasteiger partial charge >= 0.3 is 0 Å². The number of nitrogens with one attached hydrogen (secondary N) is 1. The number of benzene rings is 1. The number of rotatable bonds is 4. The molecule has 1 heterocycles. The van der Waals surface area contributed by atoms with E-state index in [1.165, 1.54) is 0 Å². The second-order valence-corrected chi connectivity index (χ2v) is 5.41. The third-order valence-corrected chi connectivity index (χ3v) is 3.58. The highest BCUT2D eigenvalue weighted by Gasteiger charge is 2.29. The van der Waals surface area contributed by atoms with Crippen LogP contribution in [0.25, 0.3) is 0 Å². The van der Waals surface area contributed by atoms with Gasteiger partial charge in [-0.15, -0.1) is 0 Å². The SMILES string of the molecule is CC#CC(=O)NC1CC(=O)N(CCc2cccc(Cl)c2)C1. The standard InChI is InChI=1S/C16H17ClN2O2/c1-2-4-15(20)18-14-10-16(21)19(11-14)8-7-12-5-3-6-13(17)9-12/h3,5-6,9,14H,7-8,10-11H2,1H3,(H,18,20). The first-order chi connectivity index (χ1) is 10.1. The Morgan fingerprint density at radius 1 is 1.52 bits per heavy atom. The monoisotopic (exact) mass is 304 g/mol. The number of carbonyl (C=O) groups excluding carboxylic acids is 2. The second-order valence-electron chi connectivity index (χ2n) is 4.97. The van der Waals surface area contributed by atoms with Crippen molar-refractivity contribution in [2.45, 2.75) is 25.8 Å². The number of nitrogens with zero attached hydrogens (tertiary/aromatic N) is 1. The van der Waals surface area contributed by atoms with Crippen LogP contribution in [0.2, 0.25) is 5.02 Å². The van der Waals surface area contributed by atoms with Gasteiger partial charge < -0.3 is 10.2 Å². The molecule has 1 N–H and O–H groups in total. The van der Waals surface area contributed by atoms with Gasteiger partial charge in [-0.05, 0) is 37.0 Å². The Bertz CT molecular complexity index is 604. The maximum atomic E-state index is 11.9. The van der Waals surface area contributed by atoms with Crippen molar-refractivity contribution in [2.75, 3.05) is 13.1 Å². The summed E-state index contributed by atoms with van der Waals surface area (Å²) >= 11 is 5.94. The van der Waals surface area contributed by atoms with Gasteiger partial charge in [0.1, 0.15) is 0 Å². The lowest BCUT2D eigenvalue weighted by molar-refractivity contribution is -0.127. The maximum Gasteiger partial charge on any atom is 0.296 e. The first-order valence-electron chi connectivity index (χ1n) is 6.84. The molecule has 4 nitrogen and oxygen atoms in total. The van der Waals surface area contributed by atoms with Crippen molar-refractivity contribution in [2.24, 2.45) is 0 Å². The maximum absolute atomic E-state index is 11.9. The van der Waals surface area contributed by atoms with E-state index in [2.05, 4.69) is 17.2 Å². The fourth-order valence-electron chi connectivity index (χ4n) is 2.38. The van der Waals surface area contributed by atoms with E-state index in [0.29, 0.717) is 24.5 Å². The Morgan fingerprint density at radius 2 is 2.33 bits per heavy atom. The molecule has 1 saturated heterocycles. The minimum absolute atomic E-state index is 0.0618. The van der Waals surface area contributed by atoms with E-state index >= 15 is 0 Å². The average Bonchev–Trinajstić information content (AvgIpc) is 2.77. The van der Waals surface area contributed by atoms with Gasteiger partial charge in [0.25, 0.3) is 5.91 Å². The van der Waals surface area contributed by atoms with Crippen LogP contribution >= 0.6 is 11.6 Å². The van der Waals surface area contributed by atoms with Crippen LogP contribution in [-0.4, -0.2) is 35.8 Å². The van der Waals surface area contributed by atoms with Crippen LogP contribution in [-0.2, 0) is 16.0 Å². The van der Waals surface area contributed by atoms with E-state index in [9.17, 15) is 9.59 Å². The van der Waals surface area contributed by atoms with Crippen molar-refractivity contribution in [3.8, 4) is 11.8 Å². The molecule has 2 rings (SSSR count). The number of likely N-dealkylation sites (tertiary alicyclic amines) is 1. The lowest BCUT2D eigenvalue weighted by Gasteiger charge is -2.16. The molecular formula is C16H17ClN2O2. The summed E-state index contributed by atoms with van der Waals surface area (Å²) in [6.07, 6.45) is 1.09. The van der Waals surface area contributed by atoms with Crippen LogP contribution in [0, 0.1) is 11.8 Å². The Labute approximate surface area is 129 Å². The van der Waals surface area contributed by atoms with Crippen LogP contribution < -0.4 is 5.32 Å². The summed E-state index contributed by atoms with van der Waals surface area (Å²) in [4.78, 5) is 25.1. The van der Waals surface area contributed by atoms with Crippen molar-refractivity contribution in [3.05, 3.63) is 34.9 Å². The Balaban J connectivity index is 1.85. The predicted octanol–water partition coefficient (Wildman–Crippen LogP) is 1.62. The summed E-state index contributed by atoms with van der Waals surface area (Å²) in [5, 5.41) is 3.45. The molecule has 0 saturated carbocycles. The average molecular weight is 305 g/mol. The minimum atomic E-state index is -0.327. The third kappa shape index (κ3) is 4.51. The normalized spacial score (nSPS) is 17.3. The fraction of sp³-hybridized carbons (Fsp3) is 0.375. The summed E-state index contributed by atoms with van der Waals surface area (Å²) < 4.78 is 0. The topological polar surface area (TPSA) is 49.4 Å². The van der Waals surface area contributed by atoms with Crippen molar-refractivity contribution in [1.29, 1.82) is 0 Å². The zero-order valence-corrected chi connectivity index (χ0v) is 12.6. The molecule has 1 aromatic rings. The molecule has 0 bridgehead atoms. The van der Waals surface area contributed by atoms with Gasteiger partial charge in [-0.1, -0.05) is 29.7 Å². The lowest BCUT2D eigenvalue weighted by atomic mass is 10.1. The molecule has 5 heteroatoms. The molecule has 1 atom stereocenters. The number of halogens is 1. The zero-order valence-electron chi connectivity index (χ0n) is 11.9. The smallest absolute Gasteiger partial charge is 0.296 e. The highest BCUT2D eigenvalue weighted by Crippen LogP contribution is 2.14. The summed E-state index contributed by atoms with van der Waals surface area (Å²) in [7, 11) is 0. The van der Waals surface area contributed by atoms with Gasteiger partial charge in [0.05, 0.1) is 6.04 Å². The van der Waals surface area contributed by atoms with Crippen LogP contribution in [0.4, 0.5) is 0 Å². The van der Waals surface area contributed by atoms with E-state index in [4.69, 9.17) is 11.6 Å². The van der Waals surface area contributed by atoms with E-state index in [1.807, 2.05) is 24.3 Å². The minimum Gasteiger partial charge on any atom is -0.340 e. The number of carbonyl (C=O) groups is 2. The molecular weight excluding hydrogens is 288 g/mol. The number of hydrogen-bond acceptors (Lipinski definition) is 2. The molecule has 21 heavy (non-hydrogen) atoms. The van der Waals surface area contributed by atoms with E-state index in [0.717, 1.165) is 12.0 Å². The van der Waals surface area contributed by atoms with Gasteiger partial charge in [0.15, 0.2) is 0 Å². The summed E-state index contributed by atoms with van der Waals surface area (Å²) in [5.41, 5.74) is 1.10. The Kier molecular flexibility index (Phi) is 5.24. The molecule has 1 aliphatic rings. The van der Waals surface area contributed by atoms with Gasteiger partial charge in [0, 0.05) is 24.5 Å². The molecule has 2 amide bonds. The second kappa shape index (κ2) is 7.14. The van der Waals surface area contributed by atoms with Crippen molar-refractivity contribution >= 4 is 23.4 Å². The van der Waals surface area contributed by atoms with Gasteiger partial charge in [-0.3, -0.25) is 9.59 Å². The van der Waals surface area contributed by atoms with E-state index in [-0.39, 0.29) is 17.9 Å². The quantitative estimate of drug-likeness (QED) is 0.860. The highest BCUT2D eigenvalue weighted by atomic mass is 35.5. The van der Waals surface area contributed by atoms with Crippen LogP contribution in [0.5, 0.6) is 0 Å². The number of amides is 2. The van der Waals surface area contributed by atoms with Crippen molar-refractivity contribution < 1.29 is 9.59 Å². The lowest BCUT2D eigenvalue weighted by Crippen LogP contribution is -2.36. The summed E-state index contributed by atoms with van der Waals surface area (Å²) in [5.74, 6) is 4.70. The zero-order chi connectivity index (χ0) is 15.2. The Morgan fingerprint density at radius 3 is 3.05 bits per heavy atom. The van der Waals surface area contributed by atoms with Crippen LogP contribution in [0.1, 0.15) is 18.9 Å². The van der Waals surface area contributed by atoms with E-state index in [1.54, 1.807) is 11.8 Å². The summed E-state index contributed by atoms with van der Waals surface area (Å²) in [6.45, 7) is 2.78. The highest BCUT2D eigenvalue weighted by molar-refractivity contribution is 6.30. The van der Waals surface area contributed by atoms with Crippen molar-refractivity contribution in [3.63, 3.8) is 0 Å². The molecule has 1 aromatic carbocycles. The third-order valence-electron chi connectivity index (χ3n) is 3.35. The van der Waals surface area contributed by atoms with Gasteiger partial charge in [-0.2, -0.15) is 0 Å². The summed E-state index contributed by atoms with van der Waals surface area (Å²) in [6, 6.07) is 7.47. The largest absolute Gasteiger partial charge is 0.340 e. The van der Waals surface area contributed by atoms with Crippen LogP contribution in [0.3, 0.4) is 0 Å². The number of hydrogen-bond donors (Lipinski definition) is 1. The molecule has 1 fully saturated rings. The molecule has 0 aromatic heterocycles. The van der Waals surface area contributed by atoms with Crippen molar-refractivity contribution in [1.82, 2.24) is 10.2 Å². The molecule has 0 aliphatic carbocycles. The first-order valence-corrected chi connectivity index (χ1v) is 7.21. The molecule has 1 aliphatic heterocycles. The fourth-order valence-corrected chi connectivity index (χ4v) is 2.59. The van der Waals surface area contributed by atoms with Crippen LogP contribution in [0.15, 0.2) is 24.3 Å². The van der Waals surface area contributed by atoms with Gasteiger partial charge in [0.2, 0.25) is 5.91 Å². The Hall–Kier alpha value is -1.99. The molecule has 110 valence electrons.